The Labute approximate surface area is 243 Å². The molecule has 0 aliphatic carbocycles. The van der Waals surface area contributed by atoms with Gasteiger partial charge in [-0.05, 0) is 73.7 Å². The molecule has 0 saturated carbocycles. The van der Waals surface area contributed by atoms with Gasteiger partial charge in [-0.1, -0.05) is 37.3 Å². The van der Waals surface area contributed by atoms with Crippen LogP contribution in [0.4, 0.5) is 5.69 Å². The largest absolute Gasteiger partial charge is 0.493 e. The second-order valence-electron chi connectivity index (χ2n) is 9.86. The minimum absolute atomic E-state index is 0.0640. The number of nitrogens with zero attached hydrogens (tertiary/aromatic N) is 2. The van der Waals surface area contributed by atoms with Crippen molar-refractivity contribution >= 4 is 27.5 Å². The first-order valence-corrected chi connectivity index (χ1v) is 14.8. The molecule has 0 heterocycles. The lowest BCUT2D eigenvalue weighted by molar-refractivity contribution is -0.140. The van der Waals surface area contributed by atoms with Crippen LogP contribution in [-0.2, 0) is 26.2 Å². The van der Waals surface area contributed by atoms with E-state index in [9.17, 15) is 18.0 Å². The minimum Gasteiger partial charge on any atom is -0.493 e. The fourth-order valence-corrected chi connectivity index (χ4v) is 6.20. The van der Waals surface area contributed by atoms with Crippen LogP contribution in [0.15, 0.2) is 65.6 Å². The molecule has 0 spiro atoms. The van der Waals surface area contributed by atoms with Crippen molar-refractivity contribution < 1.29 is 27.5 Å². The second kappa shape index (κ2) is 13.5. The van der Waals surface area contributed by atoms with Crippen LogP contribution in [0.2, 0.25) is 0 Å². The van der Waals surface area contributed by atoms with E-state index in [1.807, 2.05) is 58.0 Å². The SMILES string of the molecule is CC[C@@H](C(=O)NC)N(Cc1ccccc1C)C(=O)CN(c1cc(C)cc(C)c1)S(=O)(=O)c1ccc(OC)c(OC)c1. The number of benzene rings is 3. The summed E-state index contributed by atoms with van der Waals surface area (Å²) in [5, 5.41) is 2.64. The maximum Gasteiger partial charge on any atom is 0.264 e. The highest BCUT2D eigenvalue weighted by Gasteiger charge is 2.34. The number of rotatable bonds is 12. The minimum atomic E-state index is -4.26. The van der Waals surface area contributed by atoms with Gasteiger partial charge >= 0.3 is 0 Å². The average Bonchev–Trinajstić information content (AvgIpc) is 2.95. The Morgan fingerprint density at radius 2 is 1.54 bits per heavy atom. The van der Waals surface area contributed by atoms with Crippen LogP contribution in [0.1, 0.15) is 35.6 Å². The van der Waals surface area contributed by atoms with E-state index in [4.69, 9.17) is 9.47 Å². The summed E-state index contributed by atoms with van der Waals surface area (Å²) in [5.41, 5.74) is 3.85. The molecule has 1 N–H and O–H groups in total. The van der Waals surface area contributed by atoms with E-state index in [0.717, 1.165) is 26.6 Å². The molecule has 3 aromatic carbocycles. The highest BCUT2D eigenvalue weighted by atomic mass is 32.2. The maximum atomic E-state index is 14.2. The quantitative estimate of drug-likeness (QED) is 0.341. The lowest BCUT2D eigenvalue weighted by Crippen LogP contribution is -2.51. The summed E-state index contributed by atoms with van der Waals surface area (Å²) >= 11 is 0. The highest BCUT2D eigenvalue weighted by Crippen LogP contribution is 2.33. The van der Waals surface area contributed by atoms with Crippen molar-refractivity contribution in [3.8, 4) is 11.5 Å². The van der Waals surface area contributed by atoms with Crippen LogP contribution in [0.25, 0.3) is 0 Å². The molecule has 0 aliphatic heterocycles. The van der Waals surface area contributed by atoms with E-state index in [-0.39, 0.29) is 23.1 Å². The molecule has 0 saturated heterocycles. The van der Waals surface area contributed by atoms with Crippen LogP contribution < -0.4 is 19.1 Å². The van der Waals surface area contributed by atoms with Gasteiger partial charge in [0, 0.05) is 19.7 Å². The van der Waals surface area contributed by atoms with Gasteiger partial charge in [0.05, 0.1) is 24.8 Å². The third-order valence-electron chi connectivity index (χ3n) is 6.95. The van der Waals surface area contributed by atoms with E-state index in [2.05, 4.69) is 5.32 Å². The summed E-state index contributed by atoms with van der Waals surface area (Å²) < 4.78 is 40.1. The first-order chi connectivity index (χ1) is 19.5. The van der Waals surface area contributed by atoms with E-state index < -0.39 is 28.5 Å². The Bertz CT molecular complexity index is 1490. The fraction of sp³-hybridized carbons (Fsp3) is 0.355. The lowest BCUT2D eigenvalue weighted by atomic mass is 10.1. The number of aryl methyl sites for hydroxylation is 3. The molecular formula is C31H39N3O6S. The average molecular weight is 582 g/mol. The molecule has 0 bridgehead atoms. The van der Waals surface area contributed by atoms with Gasteiger partial charge in [-0.25, -0.2) is 8.42 Å². The number of likely N-dealkylation sites (N-methyl/N-ethyl adjacent to an activating group) is 1. The maximum absolute atomic E-state index is 14.2. The van der Waals surface area contributed by atoms with Gasteiger partial charge in [-0.15, -0.1) is 0 Å². The number of carbonyl (C=O) groups is 2. The number of sulfonamides is 1. The van der Waals surface area contributed by atoms with Crippen LogP contribution >= 0.6 is 0 Å². The van der Waals surface area contributed by atoms with E-state index in [1.54, 1.807) is 12.1 Å². The third-order valence-corrected chi connectivity index (χ3v) is 8.72. The molecule has 0 radical (unpaired) electrons. The molecule has 0 aliphatic rings. The fourth-order valence-electron chi connectivity index (χ4n) is 4.78. The van der Waals surface area contributed by atoms with Crippen molar-refractivity contribution in [3.63, 3.8) is 0 Å². The number of ether oxygens (including phenoxy) is 2. The molecule has 3 aromatic rings. The predicted molar refractivity (Wildman–Crippen MR) is 160 cm³/mol. The monoisotopic (exact) mass is 581 g/mol. The zero-order valence-electron chi connectivity index (χ0n) is 24.7. The van der Waals surface area contributed by atoms with Crippen LogP contribution in [0.5, 0.6) is 11.5 Å². The zero-order valence-corrected chi connectivity index (χ0v) is 25.5. The Hall–Kier alpha value is -4.05. The van der Waals surface area contributed by atoms with E-state index in [1.165, 1.54) is 44.4 Å². The van der Waals surface area contributed by atoms with Gasteiger partial charge < -0.3 is 19.7 Å². The van der Waals surface area contributed by atoms with E-state index >= 15 is 0 Å². The normalized spacial score (nSPS) is 11.9. The van der Waals surface area contributed by atoms with Gasteiger partial charge in [0.2, 0.25) is 11.8 Å². The molecule has 0 unspecified atom stereocenters. The van der Waals surface area contributed by atoms with Crippen molar-refractivity contribution in [3.05, 3.63) is 82.9 Å². The number of amides is 2. The molecule has 41 heavy (non-hydrogen) atoms. The molecule has 1 atom stereocenters. The first-order valence-electron chi connectivity index (χ1n) is 13.3. The molecule has 0 aromatic heterocycles. The molecule has 2 amide bonds. The highest BCUT2D eigenvalue weighted by molar-refractivity contribution is 7.92. The summed E-state index contributed by atoms with van der Waals surface area (Å²) in [6.45, 7) is 7.11. The zero-order chi connectivity index (χ0) is 30.3. The van der Waals surface area contributed by atoms with Crippen LogP contribution in [-0.4, -0.2) is 59.0 Å². The number of carbonyl (C=O) groups excluding carboxylic acids is 2. The van der Waals surface area contributed by atoms with Crippen molar-refractivity contribution in [1.29, 1.82) is 0 Å². The smallest absolute Gasteiger partial charge is 0.264 e. The molecular weight excluding hydrogens is 542 g/mol. The number of hydrogen-bond donors (Lipinski definition) is 1. The van der Waals surface area contributed by atoms with E-state index in [0.29, 0.717) is 17.9 Å². The number of hydrogen-bond acceptors (Lipinski definition) is 6. The van der Waals surface area contributed by atoms with Crippen LogP contribution in [0.3, 0.4) is 0 Å². The number of anilines is 1. The molecule has 220 valence electrons. The van der Waals surface area contributed by atoms with Gasteiger partial charge in [-0.3, -0.25) is 13.9 Å². The Morgan fingerprint density at radius 3 is 2.10 bits per heavy atom. The second-order valence-corrected chi connectivity index (χ2v) is 11.7. The molecule has 3 rings (SSSR count). The van der Waals surface area contributed by atoms with Crippen molar-refractivity contribution in [2.24, 2.45) is 0 Å². The Kier molecular flexibility index (Phi) is 10.4. The molecule has 9 nitrogen and oxygen atoms in total. The molecule has 10 heteroatoms. The lowest BCUT2D eigenvalue weighted by Gasteiger charge is -2.33. The Balaban J connectivity index is 2.15. The van der Waals surface area contributed by atoms with Crippen molar-refractivity contribution in [2.45, 2.75) is 51.6 Å². The Morgan fingerprint density at radius 1 is 0.902 bits per heavy atom. The predicted octanol–water partition coefficient (Wildman–Crippen LogP) is 4.38. The first kappa shape index (κ1) is 31.5. The number of methoxy groups -OCH3 is 2. The third kappa shape index (κ3) is 7.18. The summed E-state index contributed by atoms with van der Waals surface area (Å²) in [4.78, 5) is 28.4. The van der Waals surface area contributed by atoms with Crippen molar-refractivity contribution in [1.82, 2.24) is 10.2 Å². The van der Waals surface area contributed by atoms with Gasteiger partial charge in [-0.2, -0.15) is 0 Å². The summed E-state index contributed by atoms with van der Waals surface area (Å²) in [7, 11) is 0.143. The van der Waals surface area contributed by atoms with Crippen molar-refractivity contribution in [2.75, 3.05) is 32.1 Å². The standard InChI is InChI=1S/C31H39N3O6S/c1-8-27(31(36)32-5)33(19-24-12-10-9-11-23(24)4)30(35)20-34(25-16-21(2)15-22(3)17-25)41(37,38)26-13-14-28(39-6)29(18-26)40-7/h9-18,27H,8,19-20H2,1-7H3,(H,32,36)/t27-/m0/s1. The number of nitrogens with one attached hydrogen (secondary N) is 1. The summed E-state index contributed by atoms with van der Waals surface area (Å²) in [6, 6.07) is 16.5. The van der Waals surface area contributed by atoms with Crippen LogP contribution in [0, 0.1) is 20.8 Å². The van der Waals surface area contributed by atoms with Gasteiger partial charge in [0.1, 0.15) is 12.6 Å². The molecule has 0 fully saturated rings. The summed E-state index contributed by atoms with van der Waals surface area (Å²) in [6.07, 6.45) is 0.350. The van der Waals surface area contributed by atoms with Gasteiger partial charge in [0.15, 0.2) is 11.5 Å². The topological polar surface area (TPSA) is 105 Å². The van der Waals surface area contributed by atoms with Gasteiger partial charge in [0.25, 0.3) is 10.0 Å². The summed E-state index contributed by atoms with van der Waals surface area (Å²) in [5.74, 6) is -0.213.